The molecule has 1 aromatic heterocycles. The first-order valence-corrected chi connectivity index (χ1v) is 7.57. The van der Waals surface area contributed by atoms with Gasteiger partial charge < -0.3 is 5.11 Å². The van der Waals surface area contributed by atoms with Crippen molar-refractivity contribution >= 4 is 35.4 Å². The number of aromatic nitrogens is 3. The molecule has 2 N–H and O–H groups in total. The Morgan fingerprint density at radius 1 is 1.68 bits per heavy atom. The molecule has 1 amide bonds. The van der Waals surface area contributed by atoms with E-state index in [0.717, 1.165) is 5.57 Å². The molecule has 1 aromatic rings. The van der Waals surface area contributed by atoms with Crippen LogP contribution in [-0.2, 0) is 9.59 Å². The van der Waals surface area contributed by atoms with Crippen LogP contribution in [0.25, 0.3) is 0 Å². The summed E-state index contributed by atoms with van der Waals surface area (Å²) in [5.41, 5.74) is 0.898. The quantitative estimate of drug-likeness (QED) is 0.618. The molecule has 0 radical (unpaired) electrons. The Kier molecular flexibility index (Phi) is 3.23. The zero-order chi connectivity index (χ0) is 13.4. The first-order valence-electron chi connectivity index (χ1n) is 5.54. The van der Waals surface area contributed by atoms with Crippen molar-refractivity contribution in [1.29, 1.82) is 0 Å². The molecule has 100 valence electrons. The molecule has 0 bridgehead atoms. The third kappa shape index (κ3) is 2.23. The summed E-state index contributed by atoms with van der Waals surface area (Å²) in [6.07, 6.45) is 1.84. The summed E-state index contributed by atoms with van der Waals surface area (Å²) in [6.45, 7) is 0. The number of carbonyl (C=O) groups is 2. The standard InChI is InChI=1S/C10H10N4O3S2/c15-6-1-7-14(6)8(9(16)17)5(2-18-7)3-19-10-11-4-12-13-10/h4,7H,1-3H2,(H,16,17)(H,11,12,13)/t7-/m1/s1. The lowest BCUT2D eigenvalue weighted by Crippen LogP contribution is -2.54. The highest BCUT2D eigenvalue weighted by Gasteiger charge is 2.45. The number of aromatic amines is 1. The number of hydrogen-bond acceptors (Lipinski definition) is 6. The number of nitrogens with one attached hydrogen (secondary N) is 1. The molecule has 0 saturated carbocycles. The minimum absolute atomic E-state index is 0.00219. The van der Waals surface area contributed by atoms with E-state index in [-0.39, 0.29) is 17.0 Å². The molecule has 1 saturated heterocycles. The lowest BCUT2D eigenvalue weighted by molar-refractivity contribution is -0.146. The topological polar surface area (TPSA) is 99.2 Å². The summed E-state index contributed by atoms with van der Waals surface area (Å²) >= 11 is 2.99. The molecular formula is C10H10N4O3S2. The highest BCUT2D eigenvalue weighted by molar-refractivity contribution is 8.00. The largest absolute Gasteiger partial charge is 0.477 e. The summed E-state index contributed by atoms with van der Waals surface area (Å²) in [6, 6.07) is 0. The van der Waals surface area contributed by atoms with Gasteiger partial charge in [-0.15, -0.1) is 11.8 Å². The predicted octanol–water partition coefficient (Wildman–Crippen LogP) is 0.541. The van der Waals surface area contributed by atoms with Crippen LogP contribution in [-0.4, -0.2) is 53.9 Å². The maximum atomic E-state index is 11.5. The van der Waals surface area contributed by atoms with E-state index in [4.69, 9.17) is 0 Å². The Balaban J connectivity index is 1.81. The van der Waals surface area contributed by atoms with Crippen molar-refractivity contribution in [2.45, 2.75) is 17.0 Å². The second-order valence-corrected chi connectivity index (χ2v) is 6.20. The minimum Gasteiger partial charge on any atom is -0.477 e. The van der Waals surface area contributed by atoms with Gasteiger partial charge in [-0.2, -0.15) is 5.10 Å². The number of β-lactam (4-membered cyclic amide) rings is 1. The lowest BCUT2D eigenvalue weighted by Gasteiger charge is -2.43. The number of thioether (sulfide) groups is 2. The molecular weight excluding hydrogens is 288 g/mol. The number of H-pyrrole nitrogens is 1. The van der Waals surface area contributed by atoms with Gasteiger partial charge in [-0.05, 0) is 5.57 Å². The van der Waals surface area contributed by atoms with Gasteiger partial charge in [0, 0.05) is 11.5 Å². The zero-order valence-electron chi connectivity index (χ0n) is 9.70. The van der Waals surface area contributed by atoms with Crippen LogP contribution in [0.15, 0.2) is 22.8 Å². The van der Waals surface area contributed by atoms with Crippen LogP contribution in [0.4, 0.5) is 0 Å². The summed E-state index contributed by atoms with van der Waals surface area (Å²) in [5, 5.41) is 16.4. The molecule has 19 heavy (non-hydrogen) atoms. The number of carbonyl (C=O) groups excluding carboxylic acids is 1. The fraction of sp³-hybridized carbons (Fsp3) is 0.400. The molecule has 1 fully saturated rings. The molecule has 0 aliphatic carbocycles. The van der Waals surface area contributed by atoms with Crippen molar-refractivity contribution in [2.24, 2.45) is 0 Å². The second-order valence-electron chi connectivity index (χ2n) is 4.07. The first-order chi connectivity index (χ1) is 9.16. The normalized spacial score (nSPS) is 22.2. The Morgan fingerprint density at radius 3 is 3.16 bits per heavy atom. The third-order valence-electron chi connectivity index (χ3n) is 2.91. The van der Waals surface area contributed by atoms with E-state index >= 15 is 0 Å². The van der Waals surface area contributed by atoms with Crippen molar-refractivity contribution in [3.05, 3.63) is 17.6 Å². The molecule has 0 aromatic carbocycles. The van der Waals surface area contributed by atoms with E-state index in [9.17, 15) is 14.7 Å². The average molecular weight is 298 g/mol. The number of carboxylic acids is 1. The van der Waals surface area contributed by atoms with E-state index in [1.165, 1.54) is 23.0 Å². The van der Waals surface area contributed by atoms with Crippen LogP contribution < -0.4 is 0 Å². The number of amides is 1. The smallest absolute Gasteiger partial charge is 0.352 e. The Morgan fingerprint density at radius 2 is 2.53 bits per heavy atom. The van der Waals surface area contributed by atoms with Gasteiger partial charge in [-0.1, -0.05) is 11.8 Å². The van der Waals surface area contributed by atoms with Gasteiger partial charge in [0.1, 0.15) is 12.0 Å². The number of fused-ring (bicyclic) bond motifs is 1. The molecule has 9 heteroatoms. The van der Waals surface area contributed by atoms with Gasteiger partial charge in [0.05, 0.1) is 11.8 Å². The molecule has 0 unspecified atom stereocenters. The van der Waals surface area contributed by atoms with Crippen molar-refractivity contribution in [3.8, 4) is 0 Å². The number of aliphatic carboxylic acids is 1. The molecule has 3 rings (SSSR count). The van der Waals surface area contributed by atoms with Gasteiger partial charge in [0.15, 0.2) is 5.16 Å². The summed E-state index contributed by atoms with van der Waals surface area (Å²) in [4.78, 5) is 28.3. The van der Waals surface area contributed by atoms with Gasteiger partial charge in [-0.25, -0.2) is 9.78 Å². The molecule has 2 aliphatic heterocycles. The van der Waals surface area contributed by atoms with Crippen molar-refractivity contribution in [3.63, 3.8) is 0 Å². The zero-order valence-corrected chi connectivity index (χ0v) is 11.3. The van der Waals surface area contributed by atoms with Crippen LogP contribution in [0.3, 0.4) is 0 Å². The van der Waals surface area contributed by atoms with Gasteiger partial charge >= 0.3 is 5.97 Å². The average Bonchev–Trinajstić information content (AvgIpc) is 2.88. The van der Waals surface area contributed by atoms with Crippen LogP contribution in [0.2, 0.25) is 0 Å². The second kappa shape index (κ2) is 4.89. The van der Waals surface area contributed by atoms with E-state index in [2.05, 4.69) is 15.2 Å². The van der Waals surface area contributed by atoms with Crippen LogP contribution in [0, 0.1) is 0 Å². The SMILES string of the molecule is O=C(O)C1=C(CSc2ncn[nH]2)CS[C@@H]2CC(=O)N12. The number of hydrogen-bond donors (Lipinski definition) is 2. The van der Waals surface area contributed by atoms with Crippen molar-refractivity contribution in [1.82, 2.24) is 20.1 Å². The lowest BCUT2D eigenvalue weighted by atomic mass is 10.1. The maximum Gasteiger partial charge on any atom is 0.352 e. The van der Waals surface area contributed by atoms with Crippen molar-refractivity contribution < 1.29 is 14.7 Å². The predicted molar refractivity (Wildman–Crippen MR) is 69.5 cm³/mol. The minimum atomic E-state index is -1.04. The first kappa shape index (κ1) is 12.5. The number of rotatable bonds is 4. The van der Waals surface area contributed by atoms with E-state index in [1.807, 2.05) is 0 Å². The number of carboxylic acid groups (broad SMARTS) is 1. The van der Waals surface area contributed by atoms with Crippen LogP contribution in [0.5, 0.6) is 0 Å². The molecule has 7 nitrogen and oxygen atoms in total. The summed E-state index contributed by atoms with van der Waals surface area (Å²) in [5.74, 6) is -0.0272. The fourth-order valence-electron chi connectivity index (χ4n) is 2.01. The molecule has 0 spiro atoms. The molecule has 2 aliphatic rings. The van der Waals surface area contributed by atoms with Crippen molar-refractivity contribution in [2.75, 3.05) is 11.5 Å². The monoisotopic (exact) mass is 298 g/mol. The Bertz CT molecular complexity index is 557. The maximum absolute atomic E-state index is 11.5. The Hall–Kier alpha value is -1.48. The van der Waals surface area contributed by atoms with Crippen LogP contribution >= 0.6 is 23.5 Å². The summed E-state index contributed by atoms with van der Waals surface area (Å²) in [7, 11) is 0. The molecule has 3 heterocycles. The summed E-state index contributed by atoms with van der Waals surface area (Å²) < 4.78 is 0. The van der Waals surface area contributed by atoms with Gasteiger partial charge in [0.25, 0.3) is 0 Å². The number of nitrogens with zero attached hydrogens (tertiary/aromatic N) is 3. The van der Waals surface area contributed by atoms with Crippen LogP contribution in [0.1, 0.15) is 6.42 Å². The highest BCUT2D eigenvalue weighted by Crippen LogP contribution is 2.40. The fourth-order valence-corrected chi connectivity index (χ4v) is 4.19. The van der Waals surface area contributed by atoms with Gasteiger partial charge in [0.2, 0.25) is 5.91 Å². The Labute approximate surface area is 116 Å². The third-order valence-corrected chi connectivity index (χ3v) is 5.15. The highest BCUT2D eigenvalue weighted by atomic mass is 32.2. The van der Waals surface area contributed by atoms with Gasteiger partial charge in [-0.3, -0.25) is 14.8 Å². The van der Waals surface area contributed by atoms with E-state index < -0.39 is 5.97 Å². The molecule has 1 atom stereocenters. The van der Waals surface area contributed by atoms with E-state index in [0.29, 0.717) is 23.1 Å². The van der Waals surface area contributed by atoms with E-state index in [1.54, 1.807) is 11.8 Å².